The number of ketones is 1. The van der Waals surface area contributed by atoms with E-state index in [0.29, 0.717) is 17.3 Å². The minimum atomic E-state index is -0.0965. The summed E-state index contributed by atoms with van der Waals surface area (Å²) in [6, 6.07) is 15.4. The zero-order valence-corrected chi connectivity index (χ0v) is 13.3. The summed E-state index contributed by atoms with van der Waals surface area (Å²) in [5.41, 5.74) is 2.45. The van der Waals surface area contributed by atoms with Crippen molar-refractivity contribution in [2.45, 2.75) is 18.9 Å². The molecule has 2 aliphatic rings. The van der Waals surface area contributed by atoms with Gasteiger partial charge in [-0.25, -0.2) is 0 Å². The van der Waals surface area contributed by atoms with Gasteiger partial charge in [-0.2, -0.15) is 5.10 Å². The van der Waals surface area contributed by atoms with Crippen molar-refractivity contribution in [2.24, 2.45) is 5.10 Å². The second kappa shape index (κ2) is 5.39. The van der Waals surface area contributed by atoms with Crippen molar-refractivity contribution in [3.63, 3.8) is 0 Å². The molecular formula is C18H15ClN2O2. The molecule has 0 saturated carbocycles. The summed E-state index contributed by atoms with van der Waals surface area (Å²) in [5, 5.41) is 7.12. The summed E-state index contributed by atoms with van der Waals surface area (Å²) >= 11 is 6.12. The Labute approximate surface area is 139 Å². The molecule has 0 aliphatic carbocycles. The van der Waals surface area contributed by atoms with E-state index in [1.165, 1.54) is 0 Å². The van der Waals surface area contributed by atoms with E-state index >= 15 is 0 Å². The minimum Gasteiger partial charge on any atom is -0.489 e. The SMILES string of the molecule is CC(=O)C1=NN2c3cc(Cl)ccc3OC[C@H]2[C@H]1c1ccccc1. The summed E-state index contributed by atoms with van der Waals surface area (Å²) in [5.74, 6) is 0.628. The van der Waals surface area contributed by atoms with Gasteiger partial charge >= 0.3 is 0 Å². The van der Waals surface area contributed by atoms with E-state index in [4.69, 9.17) is 16.3 Å². The maximum atomic E-state index is 12.1. The van der Waals surface area contributed by atoms with Gasteiger partial charge in [-0.15, -0.1) is 0 Å². The topological polar surface area (TPSA) is 41.9 Å². The molecule has 4 nitrogen and oxygen atoms in total. The Balaban J connectivity index is 1.83. The molecule has 2 aromatic rings. The van der Waals surface area contributed by atoms with E-state index in [-0.39, 0.29) is 17.7 Å². The predicted octanol–water partition coefficient (Wildman–Crippen LogP) is 3.65. The fraction of sp³-hybridized carbons (Fsp3) is 0.222. The van der Waals surface area contributed by atoms with Crippen molar-refractivity contribution in [3.8, 4) is 5.75 Å². The fourth-order valence-corrected chi connectivity index (χ4v) is 3.44. The van der Waals surface area contributed by atoms with Gasteiger partial charge in [-0.05, 0) is 23.8 Å². The van der Waals surface area contributed by atoms with E-state index in [1.807, 2.05) is 47.5 Å². The number of Topliss-reactive ketones (excluding diaryl/α,β-unsaturated/α-hetero) is 1. The summed E-state index contributed by atoms with van der Waals surface area (Å²) in [6.07, 6.45) is 0. The first kappa shape index (κ1) is 14.3. The third-order valence-corrected chi connectivity index (χ3v) is 4.54. The van der Waals surface area contributed by atoms with Gasteiger partial charge in [-0.1, -0.05) is 41.9 Å². The Morgan fingerprint density at radius 3 is 2.78 bits per heavy atom. The van der Waals surface area contributed by atoms with Gasteiger partial charge < -0.3 is 4.74 Å². The minimum absolute atomic E-state index is 0.0168. The van der Waals surface area contributed by atoms with Crippen LogP contribution in [0.3, 0.4) is 0 Å². The molecule has 2 heterocycles. The highest BCUT2D eigenvalue weighted by atomic mass is 35.5. The maximum Gasteiger partial charge on any atom is 0.176 e. The number of anilines is 1. The molecule has 0 aromatic heterocycles. The first-order valence-corrected chi connectivity index (χ1v) is 7.89. The van der Waals surface area contributed by atoms with Crippen LogP contribution in [0, 0.1) is 0 Å². The van der Waals surface area contributed by atoms with E-state index in [0.717, 1.165) is 17.0 Å². The van der Waals surface area contributed by atoms with Gasteiger partial charge in [-0.3, -0.25) is 9.80 Å². The number of carbonyl (C=O) groups excluding carboxylic acids is 1. The van der Waals surface area contributed by atoms with Gasteiger partial charge in [0, 0.05) is 11.9 Å². The number of halogens is 1. The summed E-state index contributed by atoms with van der Waals surface area (Å²) < 4.78 is 5.89. The van der Waals surface area contributed by atoms with Crippen LogP contribution in [0.2, 0.25) is 5.02 Å². The second-order valence-electron chi connectivity index (χ2n) is 5.76. The Hall–Kier alpha value is -2.33. The molecule has 0 spiro atoms. The molecule has 0 unspecified atom stereocenters. The lowest BCUT2D eigenvalue weighted by atomic mass is 9.86. The number of benzene rings is 2. The molecule has 4 rings (SSSR count). The van der Waals surface area contributed by atoms with Crippen molar-refractivity contribution in [1.82, 2.24) is 0 Å². The Bertz CT molecular complexity index is 804. The highest BCUT2D eigenvalue weighted by Gasteiger charge is 2.44. The number of fused-ring (bicyclic) bond motifs is 3. The highest BCUT2D eigenvalue weighted by Crippen LogP contribution is 2.43. The summed E-state index contributed by atoms with van der Waals surface area (Å²) in [6.45, 7) is 2.04. The van der Waals surface area contributed by atoms with Gasteiger partial charge in [0.05, 0.1) is 12.0 Å². The molecule has 0 radical (unpaired) electrons. The standard InChI is InChI=1S/C18H15ClN2O2/c1-11(22)18-17(12-5-3-2-4-6-12)15-10-23-16-8-7-13(19)9-14(16)21(15)20-18/h2-9,15,17H,10H2,1H3/t15-,17+/m0/s1. The molecule has 116 valence electrons. The molecule has 0 N–H and O–H groups in total. The van der Waals surface area contributed by atoms with Crippen molar-refractivity contribution >= 4 is 28.8 Å². The Morgan fingerprint density at radius 2 is 2.04 bits per heavy atom. The van der Waals surface area contributed by atoms with Crippen molar-refractivity contribution in [2.75, 3.05) is 11.6 Å². The number of hydrogen-bond donors (Lipinski definition) is 0. The number of hydrazone groups is 1. The van der Waals surface area contributed by atoms with Crippen LogP contribution in [0.1, 0.15) is 18.4 Å². The Kier molecular flexibility index (Phi) is 3.34. The zero-order valence-electron chi connectivity index (χ0n) is 12.6. The number of hydrogen-bond acceptors (Lipinski definition) is 4. The number of carbonyl (C=O) groups is 1. The number of ether oxygens (including phenoxy) is 1. The third-order valence-electron chi connectivity index (χ3n) is 4.31. The first-order valence-electron chi connectivity index (χ1n) is 7.51. The van der Waals surface area contributed by atoms with Crippen LogP contribution in [0.5, 0.6) is 5.75 Å². The maximum absolute atomic E-state index is 12.1. The lowest BCUT2D eigenvalue weighted by Crippen LogP contribution is -2.41. The lowest BCUT2D eigenvalue weighted by molar-refractivity contribution is -0.111. The molecule has 23 heavy (non-hydrogen) atoms. The van der Waals surface area contributed by atoms with Crippen molar-refractivity contribution < 1.29 is 9.53 Å². The zero-order chi connectivity index (χ0) is 16.0. The van der Waals surface area contributed by atoms with Gasteiger partial charge in [0.25, 0.3) is 0 Å². The van der Waals surface area contributed by atoms with Crippen LogP contribution < -0.4 is 9.75 Å². The lowest BCUT2D eigenvalue weighted by Gasteiger charge is -2.33. The van der Waals surface area contributed by atoms with Crippen molar-refractivity contribution in [1.29, 1.82) is 0 Å². The normalized spacial score (nSPS) is 22.0. The summed E-state index contributed by atoms with van der Waals surface area (Å²) in [7, 11) is 0. The molecular weight excluding hydrogens is 312 g/mol. The van der Waals surface area contributed by atoms with Crippen molar-refractivity contribution in [3.05, 3.63) is 59.1 Å². The van der Waals surface area contributed by atoms with Gasteiger partial charge in [0.15, 0.2) is 5.78 Å². The van der Waals surface area contributed by atoms with Gasteiger partial charge in [0.2, 0.25) is 0 Å². The van der Waals surface area contributed by atoms with Crippen LogP contribution in [-0.4, -0.2) is 24.1 Å². The third kappa shape index (κ3) is 2.30. The van der Waals surface area contributed by atoms with E-state index < -0.39 is 0 Å². The molecule has 2 atom stereocenters. The second-order valence-corrected chi connectivity index (χ2v) is 6.20. The molecule has 0 amide bonds. The van der Waals surface area contributed by atoms with E-state index in [9.17, 15) is 4.79 Å². The van der Waals surface area contributed by atoms with E-state index in [2.05, 4.69) is 5.10 Å². The molecule has 2 aromatic carbocycles. The molecule has 0 bridgehead atoms. The molecule has 2 aliphatic heterocycles. The average Bonchev–Trinajstić information content (AvgIpc) is 2.96. The number of rotatable bonds is 2. The first-order chi connectivity index (χ1) is 11.1. The quantitative estimate of drug-likeness (QED) is 0.846. The monoisotopic (exact) mass is 326 g/mol. The van der Waals surface area contributed by atoms with Gasteiger partial charge in [0.1, 0.15) is 23.8 Å². The molecule has 0 saturated heterocycles. The Morgan fingerprint density at radius 1 is 1.26 bits per heavy atom. The smallest absolute Gasteiger partial charge is 0.176 e. The largest absolute Gasteiger partial charge is 0.489 e. The summed E-state index contributed by atoms with van der Waals surface area (Å²) in [4.78, 5) is 12.1. The number of nitrogens with zero attached hydrogens (tertiary/aromatic N) is 2. The van der Waals surface area contributed by atoms with Crippen LogP contribution in [0.15, 0.2) is 53.6 Å². The van der Waals surface area contributed by atoms with Crippen LogP contribution in [0.4, 0.5) is 5.69 Å². The average molecular weight is 327 g/mol. The highest BCUT2D eigenvalue weighted by molar-refractivity contribution is 6.42. The fourth-order valence-electron chi connectivity index (χ4n) is 3.27. The van der Waals surface area contributed by atoms with Crippen LogP contribution in [-0.2, 0) is 4.79 Å². The van der Waals surface area contributed by atoms with E-state index in [1.54, 1.807) is 13.0 Å². The predicted molar refractivity (Wildman–Crippen MR) is 90.5 cm³/mol. The van der Waals surface area contributed by atoms with Crippen LogP contribution in [0.25, 0.3) is 0 Å². The molecule has 5 heteroatoms. The molecule has 0 fully saturated rings. The van der Waals surface area contributed by atoms with Crippen LogP contribution >= 0.6 is 11.6 Å².